The van der Waals surface area contributed by atoms with Crippen LogP contribution in [0.5, 0.6) is 5.75 Å². The molecular weight excluding hydrogens is 384 g/mol. The molecule has 1 N–H and O–H groups in total. The number of carbonyl (C=O) groups is 2. The van der Waals surface area contributed by atoms with Gasteiger partial charge in [0.15, 0.2) is 11.9 Å². The number of amides is 2. The molecule has 1 aliphatic heterocycles. The van der Waals surface area contributed by atoms with Gasteiger partial charge < -0.3 is 10.1 Å². The summed E-state index contributed by atoms with van der Waals surface area (Å²) in [6.45, 7) is 1.57. The van der Waals surface area contributed by atoms with E-state index in [0.717, 1.165) is 18.4 Å². The van der Waals surface area contributed by atoms with Crippen molar-refractivity contribution in [2.75, 3.05) is 16.8 Å². The topological polar surface area (TPSA) is 102 Å². The van der Waals surface area contributed by atoms with Crippen LogP contribution < -0.4 is 15.0 Å². The number of aromatic nitrogens is 4. The molecule has 30 heavy (non-hydrogen) atoms. The molecule has 5 rings (SSSR count). The number of nitrogens with one attached hydrogen (secondary N) is 1. The molecule has 2 aliphatic rings. The van der Waals surface area contributed by atoms with E-state index in [-0.39, 0.29) is 18.4 Å². The fourth-order valence-corrected chi connectivity index (χ4v) is 3.55. The Balaban J connectivity index is 1.34. The first kappa shape index (κ1) is 18.3. The van der Waals surface area contributed by atoms with Crippen LogP contribution in [0.2, 0.25) is 0 Å². The van der Waals surface area contributed by atoms with E-state index in [1.807, 2.05) is 35.0 Å². The fourth-order valence-electron chi connectivity index (χ4n) is 3.55. The molecule has 1 aliphatic carbocycles. The molecule has 2 amide bonds. The molecule has 2 heterocycles. The smallest absolute Gasteiger partial charge is 0.268 e. The SMILES string of the molecule is CC1Oc2ccccc2N(CC(=O)Nc2cccc(-c3nnnn3C3CC3)c2)C1=O. The first-order valence-corrected chi connectivity index (χ1v) is 9.85. The van der Waals surface area contributed by atoms with Gasteiger partial charge in [-0.2, -0.15) is 0 Å². The second kappa shape index (κ2) is 7.25. The van der Waals surface area contributed by atoms with E-state index in [1.54, 1.807) is 25.1 Å². The minimum absolute atomic E-state index is 0.104. The molecule has 0 saturated heterocycles. The van der Waals surface area contributed by atoms with E-state index in [1.165, 1.54) is 4.90 Å². The summed E-state index contributed by atoms with van der Waals surface area (Å²) in [5.41, 5.74) is 2.03. The van der Waals surface area contributed by atoms with E-state index in [4.69, 9.17) is 4.74 Å². The second-order valence-electron chi connectivity index (χ2n) is 7.46. The summed E-state index contributed by atoms with van der Waals surface area (Å²) in [7, 11) is 0. The molecule has 3 aromatic rings. The van der Waals surface area contributed by atoms with Crippen molar-refractivity contribution in [2.45, 2.75) is 31.9 Å². The normalized spacial score (nSPS) is 18.0. The number of hydrogen-bond donors (Lipinski definition) is 1. The summed E-state index contributed by atoms with van der Waals surface area (Å²) < 4.78 is 7.45. The largest absolute Gasteiger partial charge is 0.479 e. The monoisotopic (exact) mass is 404 g/mol. The number of nitrogens with zero attached hydrogens (tertiary/aromatic N) is 5. The van der Waals surface area contributed by atoms with Crippen LogP contribution in [0.15, 0.2) is 48.5 Å². The zero-order valence-corrected chi connectivity index (χ0v) is 16.4. The Kier molecular flexibility index (Phi) is 4.42. The standard InChI is InChI=1S/C21H20N6O3/c1-13-21(29)26(17-7-2-3-8-18(17)30-13)12-19(28)22-15-6-4-5-14(11-15)20-23-24-25-27(20)16-9-10-16/h2-8,11,13,16H,9-10,12H2,1H3,(H,22,28). The van der Waals surface area contributed by atoms with E-state index in [0.29, 0.717) is 29.0 Å². The molecule has 1 atom stereocenters. The molecule has 0 bridgehead atoms. The molecule has 9 nitrogen and oxygen atoms in total. The number of ether oxygens (including phenoxy) is 1. The Morgan fingerprint density at radius 1 is 1.20 bits per heavy atom. The second-order valence-corrected chi connectivity index (χ2v) is 7.46. The minimum Gasteiger partial charge on any atom is -0.479 e. The number of fused-ring (bicyclic) bond motifs is 1. The molecule has 1 saturated carbocycles. The zero-order chi connectivity index (χ0) is 20.7. The summed E-state index contributed by atoms with van der Waals surface area (Å²) in [6.07, 6.45) is 1.50. The zero-order valence-electron chi connectivity index (χ0n) is 16.4. The Labute approximate surface area is 172 Å². The maximum Gasteiger partial charge on any atom is 0.268 e. The van der Waals surface area contributed by atoms with Crippen LogP contribution in [-0.4, -0.2) is 44.7 Å². The third-order valence-electron chi connectivity index (χ3n) is 5.17. The van der Waals surface area contributed by atoms with Gasteiger partial charge in [0.1, 0.15) is 12.3 Å². The highest BCUT2D eigenvalue weighted by atomic mass is 16.5. The van der Waals surface area contributed by atoms with Crippen LogP contribution >= 0.6 is 0 Å². The van der Waals surface area contributed by atoms with E-state index in [9.17, 15) is 9.59 Å². The maximum absolute atomic E-state index is 12.7. The van der Waals surface area contributed by atoms with Gasteiger partial charge in [-0.1, -0.05) is 24.3 Å². The average molecular weight is 404 g/mol. The summed E-state index contributed by atoms with van der Waals surface area (Å²) in [4.78, 5) is 26.8. The maximum atomic E-state index is 12.7. The van der Waals surface area contributed by atoms with Crippen molar-refractivity contribution in [1.82, 2.24) is 20.2 Å². The van der Waals surface area contributed by atoms with Gasteiger partial charge in [0.05, 0.1) is 11.7 Å². The van der Waals surface area contributed by atoms with Gasteiger partial charge >= 0.3 is 0 Å². The Hall–Kier alpha value is -3.75. The highest BCUT2D eigenvalue weighted by Gasteiger charge is 2.32. The third-order valence-corrected chi connectivity index (χ3v) is 5.17. The van der Waals surface area contributed by atoms with Gasteiger partial charge in [-0.25, -0.2) is 4.68 Å². The Morgan fingerprint density at radius 2 is 2.03 bits per heavy atom. The van der Waals surface area contributed by atoms with Crippen molar-refractivity contribution in [3.8, 4) is 17.1 Å². The summed E-state index contributed by atoms with van der Waals surface area (Å²) in [6, 6.07) is 14.9. The molecule has 0 radical (unpaired) electrons. The van der Waals surface area contributed by atoms with E-state index in [2.05, 4.69) is 20.8 Å². The van der Waals surface area contributed by atoms with Gasteiger partial charge in [0.2, 0.25) is 5.91 Å². The van der Waals surface area contributed by atoms with Crippen LogP contribution in [0.3, 0.4) is 0 Å². The van der Waals surface area contributed by atoms with Gasteiger partial charge in [0.25, 0.3) is 5.91 Å². The van der Waals surface area contributed by atoms with Gasteiger partial charge in [0, 0.05) is 11.3 Å². The summed E-state index contributed by atoms with van der Waals surface area (Å²) in [5, 5.41) is 14.9. The third kappa shape index (κ3) is 3.38. The molecule has 0 spiro atoms. The van der Waals surface area contributed by atoms with Crippen LogP contribution in [0.25, 0.3) is 11.4 Å². The van der Waals surface area contributed by atoms with E-state index >= 15 is 0 Å². The van der Waals surface area contributed by atoms with Crippen LogP contribution in [-0.2, 0) is 9.59 Å². The minimum atomic E-state index is -0.641. The number of benzene rings is 2. The lowest BCUT2D eigenvalue weighted by Gasteiger charge is -2.32. The molecule has 2 aromatic carbocycles. The average Bonchev–Trinajstić information content (AvgIpc) is 3.47. The summed E-state index contributed by atoms with van der Waals surface area (Å²) >= 11 is 0. The lowest BCUT2D eigenvalue weighted by atomic mass is 10.1. The Bertz CT molecular complexity index is 1120. The van der Waals surface area contributed by atoms with Crippen LogP contribution in [0.1, 0.15) is 25.8 Å². The number of hydrogen-bond acceptors (Lipinski definition) is 6. The molecule has 9 heteroatoms. The van der Waals surface area contributed by atoms with Gasteiger partial charge in [-0.15, -0.1) is 5.10 Å². The predicted octanol–water partition coefficient (Wildman–Crippen LogP) is 2.43. The van der Waals surface area contributed by atoms with Crippen molar-refractivity contribution in [3.63, 3.8) is 0 Å². The number of carbonyl (C=O) groups excluding carboxylic acids is 2. The van der Waals surface area contributed by atoms with Crippen molar-refractivity contribution >= 4 is 23.2 Å². The van der Waals surface area contributed by atoms with Crippen LogP contribution in [0.4, 0.5) is 11.4 Å². The van der Waals surface area contributed by atoms with Crippen molar-refractivity contribution < 1.29 is 14.3 Å². The lowest BCUT2D eigenvalue weighted by Crippen LogP contribution is -2.47. The lowest BCUT2D eigenvalue weighted by molar-refractivity contribution is -0.127. The first-order chi connectivity index (χ1) is 14.6. The molecule has 1 aromatic heterocycles. The van der Waals surface area contributed by atoms with Gasteiger partial charge in [-0.05, 0) is 54.5 Å². The molecular formula is C21H20N6O3. The highest BCUT2D eigenvalue weighted by molar-refractivity contribution is 6.06. The summed E-state index contributed by atoms with van der Waals surface area (Å²) in [5.74, 6) is 0.721. The number of tetrazole rings is 1. The van der Waals surface area contributed by atoms with Crippen molar-refractivity contribution in [1.29, 1.82) is 0 Å². The van der Waals surface area contributed by atoms with Crippen molar-refractivity contribution in [3.05, 3.63) is 48.5 Å². The first-order valence-electron chi connectivity index (χ1n) is 9.85. The number of anilines is 2. The van der Waals surface area contributed by atoms with Crippen LogP contribution in [0, 0.1) is 0 Å². The van der Waals surface area contributed by atoms with Crippen molar-refractivity contribution in [2.24, 2.45) is 0 Å². The highest BCUT2D eigenvalue weighted by Crippen LogP contribution is 2.37. The number of para-hydroxylation sites is 2. The number of rotatable bonds is 5. The molecule has 1 fully saturated rings. The fraction of sp³-hybridized carbons (Fsp3) is 0.286. The quantitative estimate of drug-likeness (QED) is 0.701. The molecule has 1 unspecified atom stereocenters. The Morgan fingerprint density at radius 3 is 2.87 bits per heavy atom. The molecule has 152 valence electrons. The van der Waals surface area contributed by atoms with Gasteiger partial charge in [-0.3, -0.25) is 14.5 Å². The predicted molar refractivity (Wildman–Crippen MR) is 109 cm³/mol. The van der Waals surface area contributed by atoms with E-state index < -0.39 is 6.10 Å².